The third-order valence-corrected chi connectivity index (χ3v) is 9.34. The number of fused-ring (bicyclic) bond motifs is 1. The second kappa shape index (κ2) is 7.88. The van der Waals surface area contributed by atoms with E-state index < -0.39 is 10.0 Å². The molecule has 1 N–H and O–H groups in total. The number of rotatable bonds is 5. The van der Waals surface area contributed by atoms with Crippen LogP contribution in [0.3, 0.4) is 0 Å². The van der Waals surface area contributed by atoms with Gasteiger partial charge in [-0.25, -0.2) is 17.7 Å². The Labute approximate surface area is 217 Å². The topological polar surface area (TPSA) is 82.2 Å². The third-order valence-electron chi connectivity index (χ3n) is 8.14. The molecule has 1 saturated carbocycles. The zero-order chi connectivity index (χ0) is 25.5. The Balaban J connectivity index is 1.14. The van der Waals surface area contributed by atoms with Gasteiger partial charge in [-0.05, 0) is 74.1 Å². The highest BCUT2D eigenvalue weighted by Gasteiger charge is 2.54. The quantitative estimate of drug-likeness (QED) is 0.412. The van der Waals surface area contributed by atoms with E-state index in [1.807, 2.05) is 6.20 Å². The Morgan fingerprint density at radius 2 is 1.62 bits per heavy atom. The predicted molar refractivity (Wildman–Crippen MR) is 147 cm³/mol. The van der Waals surface area contributed by atoms with E-state index in [1.54, 1.807) is 4.31 Å². The smallest absolute Gasteiger partial charge is 0.211 e. The van der Waals surface area contributed by atoms with Crippen molar-refractivity contribution in [2.24, 2.45) is 5.41 Å². The van der Waals surface area contributed by atoms with Crippen molar-refractivity contribution in [2.75, 3.05) is 37.3 Å². The minimum Gasteiger partial charge on any atom is -0.355 e. The van der Waals surface area contributed by atoms with Crippen LogP contribution in [0.25, 0.3) is 33.3 Å². The molecule has 0 atom stereocenters. The minimum atomic E-state index is -3.08. The van der Waals surface area contributed by atoms with E-state index in [0.717, 1.165) is 46.9 Å². The number of pyridine rings is 2. The average Bonchev–Trinajstić information content (AvgIpc) is 3.55. The van der Waals surface area contributed by atoms with E-state index in [2.05, 4.69) is 71.2 Å². The zero-order valence-corrected chi connectivity index (χ0v) is 22.3. The number of nitrogens with one attached hydrogen (secondary N) is 1. The molecule has 1 aromatic carbocycles. The lowest BCUT2D eigenvalue weighted by molar-refractivity contribution is 0.0395. The van der Waals surface area contributed by atoms with Crippen molar-refractivity contribution >= 4 is 26.7 Å². The molecule has 0 bridgehead atoms. The van der Waals surface area contributed by atoms with Crippen molar-refractivity contribution in [1.29, 1.82) is 0 Å². The third kappa shape index (κ3) is 3.94. The number of hydrogen-bond acceptors (Lipinski definition) is 5. The molecule has 7 rings (SSSR count). The Morgan fingerprint density at radius 3 is 2.24 bits per heavy atom. The molecule has 3 aliphatic rings. The van der Waals surface area contributed by atoms with Gasteiger partial charge in [0, 0.05) is 71.2 Å². The van der Waals surface area contributed by atoms with E-state index in [9.17, 15) is 8.42 Å². The Morgan fingerprint density at radius 1 is 0.919 bits per heavy atom. The Bertz CT molecular complexity index is 1620. The first-order valence-corrected chi connectivity index (χ1v) is 14.8. The lowest BCUT2D eigenvalue weighted by Crippen LogP contribution is -2.73. The fourth-order valence-corrected chi connectivity index (χ4v) is 7.22. The van der Waals surface area contributed by atoms with Crippen molar-refractivity contribution in [3.63, 3.8) is 0 Å². The molecule has 37 heavy (non-hydrogen) atoms. The summed E-state index contributed by atoms with van der Waals surface area (Å²) in [6, 6.07) is 15.3. The molecule has 4 aromatic rings. The summed E-state index contributed by atoms with van der Waals surface area (Å²) in [7, 11) is -3.08. The molecule has 0 unspecified atom stereocenters. The first-order valence-electron chi connectivity index (χ1n) is 13.0. The number of anilines is 1. The molecule has 1 spiro atoms. The Kier molecular flexibility index (Phi) is 4.89. The summed E-state index contributed by atoms with van der Waals surface area (Å²) in [5, 5.41) is 1.31. The van der Waals surface area contributed by atoms with Crippen LogP contribution < -0.4 is 4.90 Å². The van der Waals surface area contributed by atoms with Crippen molar-refractivity contribution in [2.45, 2.75) is 32.6 Å². The first kappa shape index (κ1) is 22.9. The maximum Gasteiger partial charge on any atom is 0.211 e. The van der Waals surface area contributed by atoms with Crippen LogP contribution in [-0.4, -0.2) is 60.1 Å². The maximum absolute atomic E-state index is 11.7. The monoisotopic (exact) mass is 513 g/mol. The summed E-state index contributed by atoms with van der Waals surface area (Å²) >= 11 is 0. The van der Waals surface area contributed by atoms with Gasteiger partial charge in [-0.1, -0.05) is 12.1 Å². The summed E-state index contributed by atoms with van der Waals surface area (Å²) in [5.41, 5.74) is 9.47. The van der Waals surface area contributed by atoms with Crippen molar-refractivity contribution < 1.29 is 8.42 Å². The molecule has 3 aromatic heterocycles. The summed E-state index contributed by atoms with van der Waals surface area (Å²) in [6.07, 6.45) is 5.74. The lowest BCUT2D eigenvalue weighted by Gasteiger charge is -2.59. The van der Waals surface area contributed by atoms with Gasteiger partial charge in [0.25, 0.3) is 0 Å². The minimum absolute atomic E-state index is 0.102. The van der Waals surface area contributed by atoms with Crippen LogP contribution in [0.5, 0.6) is 0 Å². The lowest BCUT2D eigenvalue weighted by atomic mass is 9.74. The van der Waals surface area contributed by atoms with Gasteiger partial charge in [-0.3, -0.25) is 4.98 Å². The maximum atomic E-state index is 11.7. The van der Waals surface area contributed by atoms with Gasteiger partial charge in [0.1, 0.15) is 5.82 Å². The van der Waals surface area contributed by atoms with Crippen molar-refractivity contribution in [1.82, 2.24) is 19.3 Å². The molecular formula is C29H31N5O2S. The second-order valence-corrected chi connectivity index (χ2v) is 13.4. The number of H-pyrrole nitrogens is 1. The summed E-state index contributed by atoms with van der Waals surface area (Å²) < 4.78 is 25.0. The average molecular weight is 514 g/mol. The molecule has 3 fully saturated rings. The largest absolute Gasteiger partial charge is 0.355 e. The summed E-state index contributed by atoms with van der Waals surface area (Å²) in [4.78, 5) is 15.3. The molecule has 5 heterocycles. The molecule has 1 aliphatic carbocycles. The number of hydrogen-bond donors (Lipinski definition) is 1. The number of aryl methyl sites for hydroxylation is 2. The number of nitrogens with zero attached hydrogens (tertiary/aromatic N) is 4. The Hall–Kier alpha value is -3.23. The van der Waals surface area contributed by atoms with E-state index in [0.29, 0.717) is 19.0 Å². The SMILES string of the molecule is Cc1cc(-c2[nH]c3cc(-c4ccc(N5CC6(C5)CN(S(C)(=O)=O)C6)nc4)ccc3c2C2CC2)cc(C)n1. The number of benzene rings is 1. The molecule has 2 saturated heterocycles. The van der Waals surface area contributed by atoms with Crippen LogP contribution in [0.4, 0.5) is 5.82 Å². The van der Waals surface area contributed by atoms with Crippen molar-refractivity contribution in [3.8, 4) is 22.4 Å². The van der Waals surface area contributed by atoms with Crippen LogP contribution >= 0.6 is 0 Å². The van der Waals surface area contributed by atoms with Gasteiger partial charge >= 0.3 is 0 Å². The van der Waals surface area contributed by atoms with E-state index in [4.69, 9.17) is 4.98 Å². The molecule has 0 amide bonds. The van der Waals surface area contributed by atoms with E-state index >= 15 is 0 Å². The molecule has 2 aliphatic heterocycles. The van der Waals surface area contributed by atoms with Crippen molar-refractivity contribution in [3.05, 3.63) is 65.6 Å². The fraction of sp³-hybridized carbons (Fsp3) is 0.379. The van der Waals surface area contributed by atoms with Crippen LogP contribution in [0.15, 0.2) is 48.7 Å². The van der Waals surface area contributed by atoms with E-state index in [-0.39, 0.29) is 5.41 Å². The van der Waals surface area contributed by atoms with Crippen LogP contribution in [0.1, 0.15) is 35.7 Å². The van der Waals surface area contributed by atoms with Gasteiger partial charge in [-0.2, -0.15) is 0 Å². The van der Waals surface area contributed by atoms with Gasteiger partial charge in [0.2, 0.25) is 10.0 Å². The molecule has 0 radical (unpaired) electrons. The number of aromatic nitrogens is 3. The van der Waals surface area contributed by atoms with Gasteiger partial charge in [0.05, 0.1) is 11.9 Å². The normalized spacial score (nSPS) is 19.3. The number of aromatic amines is 1. The fourth-order valence-electron chi connectivity index (χ4n) is 6.21. The molecule has 7 nitrogen and oxygen atoms in total. The summed E-state index contributed by atoms with van der Waals surface area (Å²) in [5.74, 6) is 1.58. The van der Waals surface area contributed by atoms with E-state index in [1.165, 1.54) is 41.3 Å². The van der Waals surface area contributed by atoms with Crippen LogP contribution in [-0.2, 0) is 10.0 Å². The van der Waals surface area contributed by atoms with Gasteiger partial charge < -0.3 is 9.88 Å². The predicted octanol–water partition coefficient (Wildman–Crippen LogP) is 4.87. The highest BCUT2D eigenvalue weighted by atomic mass is 32.2. The highest BCUT2D eigenvalue weighted by molar-refractivity contribution is 7.88. The highest BCUT2D eigenvalue weighted by Crippen LogP contribution is 2.48. The standard InChI is InChI=1S/C29H31N5O2S/c1-18-10-23(11-19(2)31-18)28-27(20-4-5-20)24-8-6-21(12-25(24)32-28)22-7-9-26(30-13-22)33-14-29(15-33)16-34(17-29)37(3,35)36/h6-13,20,32H,4-5,14-17H2,1-3H3. The summed E-state index contributed by atoms with van der Waals surface area (Å²) in [6.45, 7) is 7.09. The zero-order valence-electron chi connectivity index (χ0n) is 21.5. The molecule has 190 valence electrons. The van der Waals surface area contributed by atoms with Gasteiger partial charge in [0.15, 0.2) is 0 Å². The van der Waals surface area contributed by atoms with Gasteiger partial charge in [-0.15, -0.1) is 0 Å². The number of sulfonamides is 1. The van der Waals surface area contributed by atoms with Crippen LogP contribution in [0, 0.1) is 19.3 Å². The molecular weight excluding hydrogens is 482 g/mol. The second-order valence-electron chi connectivity index (χ2n) is 11.4. The van der Waals surface area contributed by atoms with Crippen LogP contribution in [0.2, 0.25) is 0 Å². The molecule has 8 heteroatoms. The first-order chi connectivity index (χ1) is 17.7.